The van der Waals surface area contributed by atoms with Crippen molar-refractivity contribution in [1.29, 1.82) is 0 Å². The number of halogens is 1. The Morgan fingerprint density at radius 2 is 1.84 bits per heavy atom. The fourth-order valence-electron chi connectivity index (χ4n) is 3.87. The van der Waals surface area contributed by atoms with E-state index in [9.17, 15) is 9.90 Å². The number of carbonyl (C=O) groups is 1. The van der Waals surface area contributed by atoms with Crippen LogP contribution in [0, 0.1) is 20.8 Å². The molecule has 0 saturated carbocycles. The predicted octanol–water partition coefficient (Wildman–Crippen LogP) is 3.99. The minimum absolute atomic E-state index is 0.0452. The summed E-state index contributed by atoms with van der Waals surface area (Å²) in [7, 11) is 0. The van der Waals surface area contributed by atoms with E-state index in [1.807, 2.05) is 27.7 Å². The molecule has 0 saturated heterocycles. The van der Waals surface area contributed by atoms with Gasteiger partial charge in [0.05, 0.1) is 5.69 Å². The summed E-state index contributed by atoms with van der Waals surface area (Å²) in [6, 6.07) is 6.58. The molecule has 5 N–H and O–H groups in total. The van der Waals surface area contributed by atoms with Crippen molar-refractivity contribution >= 4 is 29.3 Å². The number of nitrogens with zero attached hydrogens (tertiary/aromatic N) is 2. The van der Waals surface area contributed by atoms with E-state index >= 15 is 0 Å². The summed E-state index contributed by atoms with van der Waals surface area (Å²) in [6.45, 7) is 8.14. The van der Waals surface area contributed by atoms with Crippen LogP contribution >= 0.6 is 11.8 Å². The molecule has 8 heteroatoms. The lowest BCUT2D eigenvalue weighted by molar-refractivity contribution is 0.0483. The van der Waals surface area contributed by atoms with Gasteiger partial charge in [-0.25, -0.2) is 4.99 Å². The molecule has 1 aliphatic heterocycles. The number of ether oxygens (including phenoxy) is 1. The molecule has 0 fully saturated rings. The number of hydrogen-bond acceptors (Lipinski definition) is 4. The number of fused-ring (bicyclic) bond motifs is 1. The highest BCUT2D eigenvalue weighted by atomic mass is 35.5. The second kappa shape index (κ2) is 8.67. The van der Waals surface area contributed by atoms with Gasteiger partial charge in [0, 0.05) is 35.9 Å². The molecule has 2 aromatic rings. The average Bonchev–Trinajstić information content (AvgIpc) is 2.74. The molecular formula is C23H29ClN4O3. The number of carbonyl (C=O) groups excluding carboxylic acids is 1. The Bertz CT molecular complexity index is 1030. The van der Waals surface area contributed by atoms with Crippen LogP contribution in [0.4, 0.5) is 5.69 Å². The van der Waals surface area contributed by atoms with Gasteiger partial charge in [-0.2, -0.15) is 0 Å². The number of rotatable bonds is 5. The Balaban J connectivity index is 1.68. The first-order chi connectivity index (χ1) is 14.5. The second-order valence-electron chi connectivity index (χ2n) is 8.31. The standard InChI is InChI=1S/C23H29ClN4O3/c1-13-14(2)20-18(15(3)19(13)29)9-10-23(4,31-20)11-12-28(24)21(30)16-5-7-17(8-6-16)27-22(25)26/h5-8,29H,9-12H2,1-4H3,(H4,25,26,27). The third-order valence-electron chi connectivity index (χ3n) is 6.02. The van der Waals surface area contributed by atoms with Crippen molar-refractivity contribution in [3.8, 4) is 11.5 Å². The highest BCUT2D eigenvalue weighted by Crippen LogP contribution is 2.44. The first kappa shape index (κ1) is 22.7. The summed E-state index contributed by atoms with van der Waals surface area (Å²) in [5.41, 5.74) is 15.0. The topological polar surface area (TPSA) is 114 Å². The van der Waals surface area contributed by atoms with Crippen LogP contribution in [0.2, 0.25) is 0 Å². The van der Waals surface area contributed by atoms with E-state index in [1.54, 1.807) is 24.3 Å². The van der Waals surface area contributed by atoms with Gasteiger partial charge < -0.3 is 21.3 Å². The number of aliphatic imine (C=N–C) groups is 1. The van der Waals surface area contributed by atoms with Crippen LogP contribution in [0.15, 0.2) is 29.3 Å². The molecule has 0 bridgehead atoms. The summed E-state index contributed by atoms with van der Waals surface area (Å²) < 4.78 is 7.59. The minimum Gasteiger partial charge on any atom is -0.507 e. The molecule has 3 rings (SSSR count). The van der Waals surface area contributed by atoms with Crippen molar-refractivity contribution < 1.29 is 14.6 Å². The van der Waals surface area contributed by atoms with Gasteiger partial charge in [0.15, 0.2) is 5.96 Å². The van der Waals surface area contributed by atoms with E-state index in [4.69, 9.17) is 28.0 Å². The first-order valence-electron chi connectivity index (χ1n) is 10.2. The number of nitrogens with two attached hydrogens (primary N) is 2. The van der Waals surface area contributed by atoms with Gasteiger partial charge in [0.25, 0.3) is 5.91 Å². The summed E-state index contributed by atoms with van der Waals surface area (Å²) in [5.74, 6) is 0.831. The van der Waals surface area contributed by atoms with Crippen LogP contribution < -0.4 is 16.2 Å². The summed E-state index contributed by atoms with van der Waals surface area (Å²) in [6.07, 6.45) is 2.15. The van der Waals surface area contributed by atoms with Crippen LogP contribution in [0.3, 0.4) is 0 Å². The lowest BCUT2D eigenvalue weighted by atomic mass is 9.85. The fourth-order valence-corrected chi connectivity index (χ4v) is 4.06. The van der Waals surface area contributed by atoms with Gasteiger partial charge in [0.1, 0.15) is 17.1 Å². The van der Waals surface area contributed by atoms with E-state index in [1.165, 1.54) is 4.42 Å². The fraction of sp³-hybridized carbons (Fsp3) is 0.391. The molecule has 0 aromatic heterocycles. The van der Waals surface area contributed by atoms with Gasteiger partial charge in [-0.15, -0.1) is 0 Å². The molecule has 0 spiro atoms. The van der Waals surface area contributed by atoms with Gasteiger partial charge >= 0.3 is 0 Å². The first-order valence-corrected chi connectivity index (χ1v) is 10.5. The van der Waals surface area contributed by atoms with Crippen LogP contribution in [-0.2, 0) is 6.42 Å². The Hall–Kier alpha value is -2.93. The van der Waals surface area contributed by atoms with Crippen molar-refractivity contribution in [2.75, 3.05) is 6.54 Å². The molecule has 1 heterocycles. The molecular weight excluding hydrogens is 416 g/mol. The molecule has 1 unspecified atom stereocenters. The smallest absolute Gasteiger partial charge is 0.268 e. The molecule has 1 atom stereocenters. The monoisotopic (exact) mass is 444 g/mol. The van der Waals surface area contributed by atoms with Gasteiger partial charge in [-0.05, 0) is 81.5 Å². The summed E-state index contributed by atoms with van der Waals surface area (Å²) in [4.78, 5) is 16.6. The average molecular weight is 445 g/mol. The van der Waals surface area contributed by atoms with Crippen molar-refractivity contribution in [1.82, 2.24) is 4.42 Å². The van der Waals surface area contributed by atoms with Gasteiger partial charge in [-0.3, -0.25) is 9.21 Å². The normalized spacial score (nSPS) is 17.5. The zero-order chi connectivity index (χ0) is 22.9. The minimum atomic E-state index is -0.460. The molecule has 0 radical (unpaired) electrons. The molecule has 1 amide bonds. The number of guanidine groups is 1. The van der Waals surface area contributed by atoms with E-state index in [0.717, 1.165) is 40.8 Å². The van der Waals surface area contributed by atoms with Crippen molar-refractivity contribution in [2.45, 2.75) is 52.6 Å². The van der Waals surface area contributed by atoms with Crippen LogP contribution in [0.5, 0.6) is 11.5 Å². The number of hydrogen-bond donors (Lipinski definition) is 3. The van der Waals surface area contributed by atoms with Crippen molar-refractivity contribution in [2.24, 2.45) is 16.5 Å². The Morgan fingerprint density at radius 1 is 1.19 bits per heavy atom. The quantitative estimate of drug-likeness (QED) is 0.366. The van der Waals surface area contributed by atoms with Crippen LogP contribution in [0.25, 0.3) is 0 Å². The molecule has 1 aliphatic rings. The second-order valence-corrected chi connectivity index (χ2v) is 8.72. The maximum atomic E-state index is 12.7. The number of benzene rings is 2. The van der Waals surface area contributed by atoms with E-state index in [-0.39, 0.29) is 11.9 Å². The molecule has 31 heavy (non-hydrogen) atoms. The maximum Gasteiger partial charge on any atom is 0.268 e. The Labute approximate surface area is 187 Å². The van der Waals surface area contributed by atoms with Crippen molar-refractivity contribution in [3.63, 3.8) is 0 Å². The number of amides is 1. The SMILES string of the molecule is Cc1c(C)c2c(c(C)c1O)CCC(C)(CCN(Cl)C(=O)c1ccc(N=C(N)N)cc1)O2. The van der Waals surface area contributed by atoms with Crippen molar-refractivity contribution in [3.05, 3.63) is 52.1 Å². The number of phenolic OH excluding ortho intramolecular Hbond substituents is 1. The predicted molar refractivity (Wildman–Crippen MR) is 123 cm³/mol. The third-order valence-corrected chi connectivity index (χ3v) is 6.34. The maximum absolute atomic E-state index is 12.7. The summed E-state index contributed by atoms with van der Waals surface area (Å²) in [5, 5.41) is 10.3. The zero-order valence-corrected chi connectivity index (χ0v) is 19.1. The van der Waals surface area contributed by atoms with Crippen LogP contribution in [0.1, 0.15) is 52.4 Å². The van der Waals surface area contributed by atoms with E-state index < -0.39 is 5.60 Å². The molecule has 0 aliphatic carbocycles. The molecule has 166 valence electrons. The lowest BCUT2D eigenvalue weighted by Crippen LogP contribution is -2.40. The highest BCUT2D eigenvalue weighted by Gasteiger charge is 2.35. The van der Waals surface area contributed by atoms with Gasteiger partial charge in [-0.1, -0.05) is 0 Å². The Morgan fingerprint density at radius 3 is 2.45 bits per heavy atom. The number of aromatic hydroxyl groups is 1. The highest BCUT2D eigenvalue weighted by molar-refractivity contribution is 6.24. The third kappa shape index (κ3) is 4.71. The molecule has 2 aromatic carbocycles. The van der Waals surface area contributed by atoms with Crippen LogP contribution in [-0.4, -0.2) is 33.5 Å². The van der Waals surface area contributed by atoms with E-state index in [2.05, 4.69) is 4.99 Å². The zero-order valence-electron chi connectivity index (χ0n) is 18.3. The largest absolute Gasteiger partial charge is 0.507 e. The lowest BCUT2D eigenvalue weighted by Gasteiger charge is -2.38. The summed E-state index contributed by atoms with van der Waals surface area (Å²) >= 11 is 6.30. The van der Waals surface area contributed by atoms with Gasteiger partial charge in [0.2, 0.25) is 0 Å². The van der Waals surface area contributed by atoms with E-state index in [0.29, 0.717) is 30.0 Å². The molecule has 7 nitrogen and oxygen atoms in total. The Kier molecular flexibility index (Phi) is 6.36. The number of phenols is 1.